The number of thiazole rings is 1. The normalized spacial score (nSPS) is 10.3. The van der Waals surface area contributed by atoms with Crippen LogP contribution in [-0.4, -0.2) is 12.1 Å². The Balaban J connectivity index is 2.45. The zero-order valence-corrected chi connectivity index (χ0v) is 10.2. The lowest BCUT2D eigenvalue weighted by molar-refractivity contribution is 0.415. The Kier molecular flexibility index (Phi) is 2.88. The number of aromatic nitrogens is 1. The molecule has 0 saturated carbocycles. The van der Waals surface area contributed by atoms with Gasteiger partial charge in [0, 0.05) is 5.69 Å². The summed E-state index contributed by atoms with van der Waals surface area (Å²) in [5.74, 6) is 0.871. The van der Waals surface area contributed by atoms with Crippen LogP contribution in [0, 0.1) is 10.9 Å². The van der Waals surface area contributed by atoms with Gasteiger partial charge in [0.1, 0.15) is 5.75 Å². The molecule has 0 amide bonds. The molecule has 2 aromatic rings. The molecule has 15 heavy (non-hydrogen) atoms. The van der Waals surface area contributed by atoms with Crippen molar-refractivity contribution in [3.05, 3.63) is 33.9 Å². The van der Waals surface area contributed by atoms with Gasteiger partial charge in [0.25, 0.3) is 0 Å². The molecule has 1 aromatic heterocycles. The Bertz CT molecular complexity index is 510. The smallest absolute Gasteiger partial charge is 0.159 e. The van der Waals surface area contributed by atoms with E-state index in [9.17, 15) is 0 Å². The second-order valence-corrected chi connectivity index (χ2v) is 4.88. The van der Waals surface area contributed by atoms with Gasteiger partial charge in [0.2, 0.25) is 0 Å². The summed E-state index contributed by atoms with van der Waals surface area (Å²) < 4.78 is 5.93. The highest BCUT2D eigenvalue weighted by Gasteiger charge is 2.04. The molecular weight excluding hydrogens is 226 g/mol. The summed E-state index contributed by atoms with van der Waals surface area (Å²) in [6.45, 7) is 2.03. The van der Waals surface area contributed by atoms with E-state index >= 15 is 0 Å². The summed E-state index contributed by atoms with van der Waals surface area (Å²) in [6, 6.07) is 8.00. The first-order valence-corrected chi connectivity index (χ1v) is 5.77. The van der Waals surface area contributed by atoms with Crippen molar-refractivity contribution >= 4 is 23.6 Å². The Morgan fingerprint density at radius 3 is 2.40 bits per heavy atom. The van der Waals surface area contributed by atoms with E-state index in [1.807, 2.05) is 31.2 Å². The third-order valence-electron chi connectivity index (χ3n) is 2.18. The maximum atomic E-state index is 5.12. The highest BCUT2D eigenvalue weighted by molar-refractivity contribution is 7.73. The maximum Gasteiger partial charge on any atom is 0.159 e. The Morgan fingerprint density at radius 2 is 1.93 bits per heavy atom. The number of rotatable bonds is 2. The fourth-order valence-corrected chi connectivity index (χ4v) is 2.67. The number of benzene rings is 1. The lowest BCUT2D eigenvalue weighted by atomic mass is 10.1. The number of ether oxygens (including phenoxy) is 1. The molecule has 4 heteroatoms. The van der Waals surface area contributed by atoms with E-state index in [4.69, 9.17) is 17.0 Å². The average Bonchev–Trinajstić information content (AvgIpc) is 2.58. The minimum atomic E-state index is 0.818. The van der Waals surface area contributed by atoms with Crippen molar-refractivity contribution in [3.8, 4) is 16.2 Å². The van der Waals surface area contributed by atoms with Crippen LogP contribution in [0.15, 0.2) is 24.3 Å². The summed E-state index contributed by atoms with van der Waals surface area (Å²) in [4.78, 5) is 4.33. The van der Waals surface area contributed by atoms with Crippen molar-refractivity contribution in [2.75, 3.05) is 7.11 Å². The van der Waals surface area contributed by atoms with E-state index in [0.717, 1.165) is 15.4 Å². The maximum absolute atomic E-state index is 5.12. The number of hydrogen-bond donors (Lipinski definition) is 1. The molecule has 0 spiro atoms. The van der Waals surface area contributed by atoms with Crippen molar-refractivity contribution in [2.24, 2.45) is 0 Å². The standard InChI is InChI=1S/C11H11NOS2/c1-7-10(15-11(14)12-7)8-3-5-9(13-2)6-4-8/h3-6H,1-2H3,(H,12,14). The molecule has 0 aliphatic heterocycles. The Morgan fingerprint density at radius 1 is 1.27 bits per heavy atom. The molecule has 78 valence electrons. The van der Waals surface area contributed by atoms with Gasteiger partial charge in [-0.25, -0.2) is 0 Å². The van der Waals surface area contributed by atoms with Gasteiger partial charge < -0.3 is 9.72 Å². The molecule has 2 rings (SSSR count). The highest BCUT2D eigenvalue weighted by atomic mass is 32.1. The molecule has 0 unspecified atom stereocenters. The van der Waals surface area contributed by atoms with Crippen LogP contribution in [0.25, 0.3) is 10.4 Å². The third-order valence-corrected chi connectivity index (χ3v) is 3.56. The zero-order chi connectivity index (χ0) is 10.8. The first-order valence-electron chi connectivity index (χ1n) is 4.55. The van der Waals surface area contributed by atoms with E-state index in [0.29, 0.717) is 0 Å². The van der Waals surface area contributed by atoms with Gasteiger partial charge in [-0.2, -0.15) is 0 Å². The summed E-state index contributed by atoms with van der Waals surface area (Å²) in [6.07, 6.45) is 0. The van der Waals surface area contributed by atoms with Gasteiger partial charge in [-0.15, -0.1) is 11.3 Å². The number of H-pyrrole nitrogens is 1. The van der Waals surface area contributed by atoms with Crippen LogP contribution in [0.5, 0.6) is 5.75 Å². The molecule has 0 aliphatic carbocycles. The Labute approximate surface area is 97.6 Å². The summed E-state index contributed by atoms with van der Waals surface area (Å²) >= 11 is 6.71. The first-order chi connectivity index (χ1) is 7.20. The summed E-state index contributed by atoms with van der Waals surface area (Å²) in [5.41, 5.74) is 2.29. The van der Waals surface area contributed by atoms with Gasteiger partial charge in [-0.1, -0.05) is 0 Å². The van der Waals surface area contributed by atoms with Gasteiger partial charge in [0.15, 0.2) is 3.95 Å². The SMILES string of the molecule is COc1ccc(-c2sc(=S)[nH]c2C)cc1. The van der Waals surface area contributed by atoms with Crippen molar-refractivity contribution in [1.29, 1.82) is 0 Å². The molecule has 0 fully saturated rings. The van der Waals surface area contributed by atoms with Gasteiger partial charge in [-0.05, 0) is 49.0 Å². The molecule has 0 aliphatic rings. The minimum Gasteiger partial charge on any atom is -0.497 e. The molecule has 1 heterocycles. The van der Waals surface area contributed by atoms with Crippen LogP contribution < -0.4 is 4.74 Å². The number of nitrogens with one attached hydrogen (secondary N) is 1. The van der Waals surface area contributed by atoms with E-state index in [-0.39, 0.29) is 0 Å². The lowest BCUT2D eigenvalue weighted by Gasteiger charge is -2.01. The number of aromatic amines is 1. The quantitative estimate of drug-likeness (QED) is 0.804. The fourth-order valence-electron chi connectivity index (χ4n) is 1.42. The van der Waals surface area contributed by atoms with E-state index in [1.54, 1.807) is 18.4 Å². The van der Waals surface area contributed by atoms with E-state index < -0.39 is 0 Å². The minimum absolute atomic E-state index is 0.818. The monoisotopic (exact) mass is 237 g/mol. The fraction of sp³-hybridized carbons (Fsp3) is 0.182. The van der Waals surface area contributed by atoms with Crippen LogP contribution >= 0.6 is 23.6 Å². The summed E-state index contributed by atoms with van der Waals surface area (Å²) in [5, 5.41) is 0. The number of aryl methyl sites for hydroxylation is 1. The third kappa shape index (κ3) is 2.11. The van der Waals surface area contributed by atoms with Crippen LogP contribution in [0.3, 0.4) is 0 Å². The first kappa shape index (κ1) is 10.4. The highest BCUT2D eigenvalue weighted by Crippen LogP contribution is 2.29. The summed E-state index contributed by atoms with van der Waals surface area (Å²) in [7, 11) is 1.67. The van der Waals surface area contributed by atoms with E-state index in [1.165, 1.54) is 10.4 Å². The van der Waals surface area contributed by atoms with Crippen molar-refractivity contribution in [3.63, 3.8) is 0 Å². The number of methoxy groups -OCH3 is 1. The number of hydrogen-bond acceptors (Lipinski definition) is 3. The molecule has 1 N–H and O–H groups in total. The molecule has 0 bridgehead atoms. The van der Waals surface area contributed by atoms with Crippen molar-refractivity contribution < 1.29 is 4.74 Å². The predicted molar refractivity (Wildman–Crippen MR) is 66.2 cm³/mol. The largest absolute Gasteiger partial charge is 0.497 e. The van der Waals surface area contributed by atoms with Crippen LogP contribution in [0.2, 0.25) is 0 Å². The molecule has 0 radical (unpaired) electrons. The molecule has 0 atom stereocenters. The zero-order valence-electron chi connectivity index (χ0n) is 8.53. The van der Waals surface area contributed by atoms with Crippen LogP contribution in [0.4, 0.5) is 0 Å². The second kappa shape index (κ2) is 4.16. The van der Waals surface area contributed by atoms with Gasteiger partial charge >= 0.3 is 0 Å². The van der Waals surface area contributed by atoms with Crippen molar-refractivity contribution in [1.82, 2.24) is 4.98 Å². The molecule has 0 saturated heterocycles. The topological polar surface area (TPSA) is 25.0 Å². The molecule has 2 nitrogen and oxygen atoms in total. The van der Waals surface area contributed by atoms with E-state index in [2.05, 4.69) is 4.98 Å². The van der Waals surface area contributed by atoms with Crippen LogP contribution in [0.1, 0.15) is 5.69 Å². The second-order valence-electron chi connectivity index (χ2n) is 3.20. The average molecular weight is 237 g/mol. The lowest BCUT2D eigenvalue weighted by Crippen LogP contribution is -1.82. The van der Waals surface area contributed by atoms with Gasteiger partial charge in [-0.3, -0.25) is 0 Å². The van der Waals surface area contributed by atoms with Gasteiger partial charge in [0.05, 0.1) is 12.0 Å². The Hall–Kier alpha value is -1.13. The molecule has 1 aromatic carbocycles. The van der Waals surface area contributed by atoms with Crippen LogP contribution in [-0.2, 0) is 0 Å². The predicted octanol–water partition coefficient (Wildman–Crippen LogP) is 3.79. The molecular formula is C11H11NOS2. The van der Waals surface area contributed by atoms with Crippen molar-refractivity contribution in [2.45, 2.75) is 6.92 Å².